The molecule has 0 unspecified atom stereocenters. The van der Waals surface area contributed by atoms with Gasteiger partial charge in [-0.2, -0.15) is 0 Å². The highest BCUT2D eigenvalue weighted by molar-refractivity contribution is 6.30. The topological polar surface area (TPSA) is 41.1 Å². The van der Waals surface area contributed by atoms with Gasteiger partial charge < -0.3 is 10.6 Å². The second-order valence-corrected chi connectivity index (χ2v) is 3.71. The first-order valence-corrected chi connectivity index (χ1v) is 5.42. The molecule has 0 spiro atoms. The summed E-state index contributed by atoms with van der Waals surface area (Å²) < 4.78 is 12.8. The molecule has 3 nitrogen and oxygen atoms in total. The maximum Gasteiger partial charge on any atom is 0.233 e. The van der Waals surface area contributed by atoms with Crippen molar-refractivity contribution < 1.29 is 9.18 Å². The number of amides is 1. The first-order valence-electron chi connectivity index (χ1n) is 5.04. The molecular weight excluding hydrogens is 231 g/mol. The third-order valence-corrected chi connectivity index (χ3v) is 2.26. The Bertz CT molecular complexity index is 371. The Morgan fingerprint density at radius 2 is 2.25 bits per heavy atom. The van der Waals surface area contributed by atoms with Gasteiger partial charge in [-0.05, 0) is 24.6 Å². The highest BCUT2D eigenvalue weighted by Gasteiger charge is 2.02. The van der Waals surface area contributed by atoms with Gasteiger partial charge >= 0.3 is 0 Å². The van der Waals surface area contributed by atoms with Gasteiger partial charge in [0.15, 0.2) is 0 Å². The van der Waals surface area contributed by atoms with Gasteiger partial charge in [0.2, 0.25) is 5.91 Å². The lowest BCUT2D eigenvalue weighted by Gasteiger charge is -2.05. The third-order valence-electron chi connectivity index (χ3n) is 1.97. The van der Waals surface area contributed by atoms with Gasteiger partial charge in [-0.25, -0.2) is 4.39 Å². The fourth-order valence-corrected chi connectivity index (χ4v) is 1.43. The van der Waals surface area contributed by atoms with Crippen LogP contribution < -0.4 is 10.6 Å². The molecule has 16 heavy (non-hydrogen) atoms. The molecule has 1 rings (SSSR count). The van der Waals surface area contributed by atoms with Crippen molar-refractivity contribution in [3.63, 3.8) is 0 Å². The monoisotopic (exact) mass is 244 g/mol. The molecule has 0 aliphatic carbocycles. The maximum atomic E-state index is 12.8. The Labute approximate surface area is 99.0 Å². The Hall–Kier alpha value is -1.13. The number of carbonyl (C=O) groups is 1. The molecule has 0 radical (unpaired) electrons. The van der Waals surface area contributed by atoms with E-state index in [0.717, 1.165) is 5.56 Å². The quantitative estimate of drug-likeness (QED) is 0.828. The average Bonchev–Trinajstić information content (AvgIpc) is 2.24. The van der Waals surface area contributed by atoms with Crippen LogP contribution in [-0.4, -0.2) is 19.0 Å². The first kappa shape index (κ1) is 12.9. The lowest BCUT2D eigenvalue weighted by Crippen LogP contribution is -2.33. The van der Waals surface area contributed by atoms with Crippen LogP contribution in [-0.2, 0) is 11.3 Å². The summed E-state index contributed by atoms with van der Waals surface area (Å²) in [5.41, 5.74) is 0.843. The summed E-state index contributed by atoms with van der Waals surface area (Å²) in [5.74, 6) is -0.496. The smallest absolute Gasteiger partial charge is 0.233 e. The zero-order valence-corrected chi connectivity index (χ0v) is 9.77. The van der Waals surface area contributed by atoms with Gasteiger partial charge in [-0.3, -0.25) is 4.79 Å². The van der Waals surface area contributed by atoms with Gasteiger partial charge in [0, 0.05) is 13.1 Å². The predicted octanol–water partition coefficient (Wildman–Crippen LogP) is 1.70. The fourth-order valence-electron chi connectivity index (χ4n) is 1.23. The van der Waals surface area contributed by atoms with Crippen LogP contribution in [0.2, 0.25) is 5.02 Å². The molecule has 0 heterocycles. The van der Waals surface area contributed by atoms with E-state index in [0.29, 0.717) is 13.1 Å². The summed E-state index contributed by atoms with van der Waals surface area (Å²) in [6.45, 7) is 3.19. The molecule has 1 aromatic rings. The van der Waals surface area contributed by atoms with Crippen molar-refractivity contribution >= 4 is 17.5 Å². The molecule has 0 aliphatic rings. The highest BCUT2D eigenvalue weighted by Crippen LogP contribution is 2.15. The third kappa shape index (κ3) is 4.16. The van der Waals surface area contributed by atoms with E-state index in [1.807, 2.05) is 6.92 Å². The lowest BCUT2D eigenvalue weighted by atomic mass is 10.2. The molecule has 0 aromatic heterocycles. The second kappa shape index (κ2) is 6.45. The summed E-state index contributed by atoms with van der Waals surface area (Å²) in [7, 11) is 0. The number of likely N-dealkylation sites (N-methyl/N-ethyl adjacent to an activating group) is 1. The second-order valence-electron chi connectivity index (χ2n) is 3.31. The average molecular weight is 245 g/mol. The van der Waals surface area contributed by atoms with E-state index in [1.165, 1.54) is 6.07 Å². The molecule has 2 N–H and O–H groups in total. The van der Waals surface area contributed by atoms with Gasteiger partial charge in [-0.15, -0.1) is 0 Å². The van der Waals surface area contributed by atoms with Crippen LogP contribution in [0.25, 0.3) is 0 Å². The molecule has 0 aliphatic heterocycles. The van der Waals surface area contributed by atoms with Gasteiger partial charge in [0.1, 0.15) is 5.82 Å². The molecule has 1 aromatic carbocycles. The molecule has 0 saturated heterocycles. The van der Waals surface area contributed by atoms with Crippen LogP contribution in [0.4, 0.5) is 4.39 Å². The SMILES string of the molecule is CCNC(=O)CNCc1ccc(F)c(Cl)c1. The van der Waals surface area contributed by atoms with E-state index in [2.05, 4.69) is 10.6 Å². The van der Waals surface area contributed by atoms with Gasteiger partial charge in [0.25, 0.3) is 0 Å². The van der Waals surface area contributed by atoms with Gasteiger partial charge in [-0.1, -0.05) is 17.7 Å². The molecule has 0 fully saturated rings. The van der Waals surface area contributed by atoms with E-state index in [9.17, 15) is 9.18 Å². The lowest BCUT2D eigenvalue weighted by molar-refractivity contribution is -0.120. The summed E-state index contributed by atoms with van der Waals surface area (Å²) >= 11 is 5.62. The van der Waals surface area contributed by atoms with Crippen LogP contribution >= 0.6 is 11.6 Å². The van der Waals surface area contributed by atoms with Crippen molar-refractivity contribution in [2.45, 2.75) is 13.5 Å². The number of carbonyl (C=O) groups excluding carboxylic acids is 1. The van der Waals surface area contributed by atoms with Crippen molar-refractivity contribution in [1.82, 2.24) is 10.6 Å². The summed E-state index contributed by atoms with van der Waals surface area (Å²) in [4.78, 5) is 11.1. The van der Waals surface area contributed by atoms with Crippen LogP contribution in [0.15, 0.2) is 18.2 Å². The van der Waals surface area contributed by atoms with Gasteiger partial charge in [0.05, 0.1) is 11.6 Å². The van der Waals surface area contributed by atoms with E-state index in [4.69, 9.17) is 11.6 Å². The first-order chi connectivity index (χ1) is 7.63. The number of nitrogens with one attached hydrogen (secondary N) is 2. The zero-order valence-electron chi connectivity index (χ0n) is 9.02. The maximum absolute atomic E-state index is 12.8. The number of benzene rings is 1. The number of rotatable bonds is 5. The Morgan fingerprint density at radius 3 is 2.88 bits per heavy atom. The minimum Gasteiger partial charge on any atom is -0.355 e. The molecule has 5 heteroatoms. The minimum atomic E-state index is -0.436. The minimum absolute atomic E-state index is 0.0595. The Morgan fingerprint density at radius 1 is 1.50 bits per heavy atom. The molecule has 88 valence electrons. The van der Waals surface area contributed by atoms with Crippen molar-refractivity contribution in [3.8, 4) is 0 Å². The van der Waals surface area contributed by atoms with Crippen molar-refractivity contribution in [3.05, 3.63) is 34.6 Å². The molecule has 0 atom stereocenters. The molecule has 0 bridgehead atoms. The summed E-state index contributed by atoms with van der Waals surface area (Å²) in [6.07, 6.45) is 0. The van der Waals surface area contributed by atoms with E-state index in [1.54, 1.807) is 12.1 Å². The largest absolute Gasteiger partial charge is 0.355 e. The van der Waals surface area contributed by atoms with Crippen LogP contribution in [0.5, 0.6) is 0 Å². The van der Waals surface area contributed by atoms with E-state index < -0.39 is 5.82 Å². The molecular formula is C11H14ClFN2O. The standard InChI is InChI=1S/C11H14ClFN2O/c1-2-15-11(16)7-14-6-8-3-4-10(13)9(12)5-8/h3-5,14H,2,6-7H2,1H3,(H,15,16). The van der Waals surface area contributed by atoms with Crippen LogP contribution in [0.1, 0.15) is 12.5 Å². The Kier molecular flexibility index (Phi) is 5.22. The zero-order chi connectivity index (χ0) is 12.0. The van der Waals surface area contributed by atoms with Crippen molar-refractivity contribution in [1.29, 1.82) is 0 Å². The molecule has 0 saturated carbocycles. The normalized spacial score (nSPS) is 10.2. The van der Waals surface area contributed by atoms with Crippen LogP contribution in [0.3, 0.4) is 0 Å². The number of hydrogen-bond acceptors (Lipinski definition) is 2. The summed E-state index contributed by atoms with van der Waals surface area (Å²) in [5, 5.41) is 5.70. The van der Waals surface area contributed by atoms with Crippen molar-refractivity contribution in [2.75, 3.05) is 13.1 Å². The predicted molar refractivity (Wildman–Crippen MR) is 61.8 cm³/mol. The van der Waals surface area contributed by atoms with E-state index >= 15 is 0 Å². The van der Waals surface area contributed by atoms with E-state index in [-0.39, 0.29) is 17.5 Å². The summed E-state index contributed by atoms with van der Waals surface area (Å²) in [6, 6.07) is 4.49. The number of halogens is 2. The molecule has 1 amide bonds. The highest BCUT2D eigenvalue weighted by atomic mass is 35.5. The Balaban J connectivity index is 2.37. The van der Waals surface area contributed by atoms with Crippen molar-refractivity contribution in [2.24, 2.45) is 0 Å². The number of hydrogen-bond donors (Lipinski definition) is 2. The fraction of sp³-hybridized carbons (Fsp3) is 0.364. The van der Waals surface area contributed by atoms with Crippen LogP contribution in [0, 0.1) is 5.82 Å².